The first-order chi connectivity index (χ1) is 7.33. The van der Waals surface area contributed by atoms with Gasteiger partial charge in [0.05, 0.1) is 3.79 Å². The van der Waals surface area contributed by atoms with Gasteiger partial charge in [0.25, 0.3) is 0 Å². The third kappa shape index (κ3) is 2.63. The number of thiophene rings is 1. The van der Waals surface area contributed by atoms with Crippen molar-refractivity contribution in [2.45, 2.75) is 38.3 Å². The highest BCUT2D eigenvalue weighted by atomic mass is 79.9. The molecular formula is C12H16BrNS. The molecule has 3 rings (SSSR count). The van der Waals surface area contributed by atoms with Gasteiger partial charge in [-0.05, 0) is 70.5 Å². The molecule has 0 saturated heterocycles. The minimum absolute atomic E-state index is 0.823. The van der Waals surface area contributed by atoms with Crippen molar-refractivity contribution >= 4 is 27.3 Å². The summed E-state index contributed by atoms with van der Waals surface area (Å²) in [5, 5.41) is 6.00. The smallest absolute Gasteiger partial charge is 0.0701 e. The van der Waals surface area contributed by atoms with Gasteiger partial charge in [0.1, 0.15) is 0 Å². The van der Waals surface area contributed by atoms with Crippen molar-refractivity contribution in [3.05, 3.63) is 20.8 Å². The second-order valence-corrected chi connectivity index (χ2v) is 7.13. The van der Waals surface area contributed by atoms with Crippen molar-refractivity contribution in [3.63, 3.8) is 0 Å². The Kier molecular flexibility index (Phi) is 2.88. The number of halogens is 1. The zero-order valence-corrected chi connectivity index (χ0v) is 11.1. The molecule has 0 atom stereocenters. The summed E-state index contributed by atoms with van der Waals surface area (Å²) < 4.78 is 1.24. The molecule has 0 amide bonds. The second kappa shape index (κ2) is 4.19. The summed E-state index contributed by atoms with van der Waals surface area (Å²) in [4.78, 5) is 0. The van der Waals surface area contributed by atoms with E-state index in [0.717, 1.165) is 24.4 Å². The molecular weight excluding hydrogens is 270 g/mol. The van der Waals surface area contributed by atoms with E-state index >= 15 is 0 Å². The largest absolute Gasteiger partial charge is 0.309 e. The van der Waals surface area contributed by atoms with Gasteiger partial charge in [0, 0.05) is 12.6 Å². The molecule has 82 valence electrons. The van der Waals surface area contributed by atoms with Crippen LogP contribution in [0.4, 0.5) is 0 Å². The van der Waals surface area contributed by atoms with Crippen LogP contribution in [0.2, 0.25) is 0 Å². The normalized spacial score (nSPS) is 21.2. The van der Waals surface area contributed by atoms with Crippen LogP contribution in [0, 0.1) is 11.8 Å². The fraction of sp³-hybridized carbons (Fsp3) is 0.667. The van der Waals surface area contributed by atoms with E-state index in [-0.39, 0.29) is 0 Å². The monoisotopic (exact) mass is 285 g/mol. The Balaban J connectivity index is 1.55. The van der Waals surface area contributed by atoms with Crippen molar-refractivity contribution in [1.29, 1.82) is 0 Å². The molecule has 1 aromatic heterocycles. The van der Waals surface area contributed by atoms with Gasteiger partial charge in [-0.15, -0.1) is 11.3 Å². The van der Waals surface area contributed by atoms with E-state index in [0.29, 0.717) is 0 Å². The summed E-state index contributed by atoms with van der Waals surface area (Å²) in [6.45, 7) is 1.06. The van der Waals surface area contributed by atoms with Crippen LogP contribution >= 0.6 is 27.3 Å². The third-order valence-electron chi connectivity index (χ3n) is 3.42. The SMILES string of the molecule is Brc1cc(CNC(C2CC2)C2CC2)cs1. The Morgan fingerprint density at radius 1 is 1.33 bits per heavy atom. The quantitative estimate of drug-likeness (QED) is 0.868. The van der Waals surface area contributed by atoms with Gasteiger partial charge in [-0.3, -0.25) is 0 Å². The average molecular weight is 286 g/mol. The van der Waals surface area contributed by atoms with Gasteiger partial charge in [-0.25, -0.2) is 0 Å². The molecule has 2 fully saturated rings. The molecule has 0 bridgehead atoms. The Morgan fingerprint density at radius 3 is 2.47 bits per heavy atom. The lowest BCUT2D eigenvalue weighted by Gasteiger charge is -2.16. The molecule has 2 aliphatic rings. The number of hydrogen-bond donors (Lipinski definition) is 1. The topological polar surface area (TPSA) is 12.0 Å². The third-order valence-corrected chi connectivity index (χ3v) is 4.98. The Morgan fingerprint density at radius 2 is 2.00 bits per heavy atom. The molecule has 0 unspecified atom stereocenters. The molecule has 15 heavy (non-hydrogen) atoms. The van der Waals surface area contributed by atoms with Crippen molar-refractivity contribution < 1.29 is 0 Å². The van der Waals surface area contributed by atoms with Crippen molar-refractivity contribution in [2.75, 3.05) is 0 Å². The van der Waals surface area contributed by atoms with Gasteiger partial charge >= 0.3 is 0 Å². The van der Waals surface area contributed by atoms with Crippen LogP contribution in [0.5, 0.6) is 0 Å². The highest BCUT2D eigenvalue weighted by Crippen LogP contribution is 2.44. The maximum absolute atomic E-state index is 3.76. The highest BCUT2D eigenvalue weighted by molar-refractivity contribution is 9.11. The lowest BCUT2D eigenvalue weighted by atomic mass is 10.1. The second-order valence-electron chi connectivity index (χ2n) is 4.84. The molecule has 1 aromatic rings. The van der Waals surface area contributed by atoms with E-state index in [4.69, 9.17) is 0 Å². The zero-order chi connectivity index (χ0) is 10.3. The zero-order valence-electron chi connectivity index (χ0n) is 8.71. The first kappa shape index (κ1) is 10.3. The van der Waals surface area contributed by atoms with E-state index in [2.05, 4.69) is 32.7 Å². The molecule has 1 nitrogen and oxygen atoms in total. The van der Waals surface area contributed by atoms with Crippen LogP contribution in [0.1, 0.15) is 31.2 Å². The van der Waals surface area contributed by atoms with Crippen LogP contribution in [0.25, 0.3) is 0 Å². The summed E-state index contributed by atoms with van der Waals surface area (Å²) in [6, 6.07) is 3.05. The molecule has 3 heteroatoms. The molecule has 1 heterocycles. The molecule has 0 aliphatic heterocycles. The Bertz CT molecular complexity index is 329. The van der Waals surface area contributed by atoms with E-state index in [1.807, 2.05) is 0 Å². The summed E-state index contributed by atoms with van der Waals surface area (Å²) in [7, 11) is 0. The maximum Gasteiger partial charge on any atom is 0.0701 e. The van der Waals surface area contributed by atoms with Gasteiger partial charge in [0.2, 0.25) is 0 Å². The Labute approximate surface area is 103 Å². The average Bonchev–Trinajstić information content (AvgIpc) is 3.09. The minimum atomic E-state index is 0.823. The predicted octanol–water partition coefficient (Wildman–Crippen LogP) is 3.79. The summed E-state index contributed by atoms with van der Waals surface area (Å²) in [5.74, 6) is 2.00. The standard InChI is InChI=1S/C12H16BrNS/c13-11-5-8(7-15-11)6-14-12(9-1-2-9)10-3-4-10/h5,7,9-10,12,14H,1-4,6H2. The Hall–Kier alpha value is 0.140. The van der Waals surface area contributed by atoms with E-state index in [9.17, 15) is 0 Å². The van der Waals surface area contributed by atoms with Gasteiger partial charge in [0.15, 0.2) is 0 Å². The lowest BCUT2D eigenvalue weighted by Crippen LogP contribution is -2.32. The lowest BCUT2D eigenvalue weighted by molar-refractivity contribution is 0.416. The van der Waals surface area contributed by atoms with Crippen LogP contribution < -0.4 is 5.32 Å². The van der Waals surface area contributed by atoms with Gasteiger partial charge in [-0.2, -0.15) is 0 Å². The number of rotatable bonds is 5. The van der Waals surface area contributed by atoms with Crippen LogP contribution in [0.15, 0.2) is 15.2 Å². The first-order valence-corrected chi connectivity index (χ1v) is 7.46. The van der Waals surface area contributed by atoms with Crippen molar-refractivity contribution in [3.8, 4) is 0 Å². The predicted molar refractivity (Wildman–Crippen MR) is 68.1 cm³/mol. The number of hydrogen-bond acceptors (Lipinski definition) is 2. The summed E-state index contributed by atoms with van der Waals surface area (Å²) >= 11 is 5.29. The molecule has 0 radical (unpaired) electrons. The van der Waals surface area contributed by atoms with Crippen LogP contribution in [-0.4, -0.2) is 6.04 Å². The van der Waals surface area contributed by atoms with Crippen molar-refractivity contribution in [1.82, 2.24) is 5.32 Å². The van der Waals surface area contributed by atoms with Crippen molar-refractivity contribution in [2.24, 2.45) is 11.8 Å². The van der Waals surface area contributed by atoms with E-state index < -0.39 is 0 Å². The van der Waals surface area contributed by atoms with Crippen LogP contribution in [0.3, 0.4) is 0 Å². The van der Waals surface area contributed by atoms with E-state index in [1.54, 1.807) is 11.3 Å². The fourth-order valence-corrected chi connectivity index (χ4v) is 3.51. The number of nitrogens with one attached hydrogen (secondary N) is 1. The fourth-order valence-electron chi connectivity index (χ4n) is 2.30. The van der Waals surface area contributed by atoms with Gasteiger partial charge in [-0.1, -0.05) is 0 Å². The minimum Gasteiger partial charge on any atom is -0.309 e. The molecule has 2 saturated carbocycles. The molecule has 2 aliphatic carbocycles. The first-order valence-electron chi connectivity index (χ1n) is 5.79. The maximum atomic E-state index is 3.76. The van der Waals surface area contributed by atoms with E-state index in [1.165, 1.54) is 35.0 Å². The summed E-state index contributed by atoms with van der Waals surface area (Å²) in [6.07, 6.45) is 5.84. The molecule has 0 spiro atoms. The molecule has 0 aromatic carbocycles. The molecule has 1 N–H and O–H groups in total. The van der Waals surface area contributed by atoms with Gasteiger partial charge < -0.3 is 5.32 Å². The summed E-state index contributed by atoms with van der Waals surface area (Å²) in [5.41, 5.74) is 1.43. The highest BCUT2D eigenvalue weighted by Gasteiger charge is 2.40. The van der Waals surface area contributed by atoms with Crippen LogP contribution in [-0.2, 0) is 6.54 Å².